The number of para-hydroxylation sites is 1. The molecule has 1 aliphatic rings. The number of H-pyrrole nitrogens is 1. The van der Waals surface area contributed by atoms with Crippen LogP contribution in [0.5, 0.6) is 0 Å². The summed E-state index contributed by atoms with van der Waals surface area (Å²) in [7, 11) is 0. The van der Waals surface area contributed by atoms with Gasteiger partial charge >= 0.3 is 0 Å². The predicted molar refractivity (Wildman–Crippen MR) is 104 cm³/mol. The molecule has 0 spiro atoms. The van der Waals surface area contributed by atoms with Crippen molar-refractivity contribution in [3.63, 3.8) is 0 Å². The molecule has 0 amide bonds. The van der Waals surface area contributed by atoms with Crippen molar-refractivity contribution in [2.45, 2.75) is 19.5 Å². The summed E-state index contributed by atoms with van der Waals surface area (Å²) in [5.74, 6) is -0.237. The number of halogens is 1. The summed E-state index contributed by atoms with van der Waals surface area (Å²) in [4.78, 5) is 6.98. The van der Waals surface area contributed by atoms with Crippen LogP contribution in [0.4, 0.5) is 4.39 Å². The van der Waals surface area contributed by atoms with E-state index in [1.807, 2.05) is 18.3 Å². The Bertz CT molecular complexity index is 1110. The highest BCUT2D eigenvalue weighted by atomic mass is 19.1. The van der Waals surface area contributed by atoms with Crippen LogP contribution < -0.4 is 0 Å². The molecule has 4 nitrogen and oxygen atoms in total. The summed E-state index contributed by atoms with van der Waals surface area (Å²) < 4.78 is 13.6. The molecule has 0 fully saturated rings. The van der Waals surface area contributed by atoms with E-state index in [0.29, 0.717) is 0 Å². The molecule has 5 heteroatoms. The van der Waals surface area contributed by atoms with E-state index in [-0.39, 0.29) is 5.82 Å². The summed E-state index contributed by atoms with van der Waals surface area (Å²) >= 11 is 0. The smallest absolute Gasteiger partial charge is 0.123 e. The topological polar surface area (TPSA) is 44.8 Å². The maximum Gasteiger partial charge on any atom is 0.123 e. The number of benzene rings is 2. The van der Waals surface area contributed by atoms with Crippen molar-refractivity contribution in [2.24, 2.45) is 0 Å². The number of nitrogens with one attached hydrogen (secondary N) is 1. The molecular formula is C22H19FN4. The number of hydrogen-bond acceptors (Lipinski definition) is 3. The Kier molecular flexibility index (Phi) is 3.94. The van der Waals surface area contributed by atoms with Gasteiger partial charge in [0.25, 0.3) is 0 Å². The average Bonchev–Trinajstić information content (AvgIpc) is 3.12. The van der Waals surface area contributed by atoms with Gasteiger partial charge in [0, 0.05) is 54.5 Å². The second-order valence-electron chi connectivity index (χ2n) is 6.99. The van der Waals surface area contributed by atoms with Crippen molar-refractivity contribution in [1.29, 1.82) is 0 Å². The van der Waals surface area contributed by atoms with E-state index in [1.165, 1.54) is 17.2 Å². The van der Waals surface area contributed by atoms with Crippen molar-refractivity contribution in [3.8, 4) is 11.3 Å². The molecule has 0 saturated carbocycles. The van der Waals surface area contributed by atoms with Gasteiger partial charge in [-0.1, -0.05) is 36.4 Å². The zero-order valence-electron chi connectivity index (χ0n) is 14.8. The van der Waals surface area contributed by atoms with Crippen LogP contribution in [0.15, 0.2) is 60.8 Å². The predicted octanol–water partition coefficient (Wildman–Crippen LogP) is 4.32. The van der Waals surface area contributed by atoms with E-state index in [9.17, 15) is 4.39 Å². The number of nitrogens with zero attached hydrogens (tertiary/aromatic N) is 3. The first-order valence-corrected chi connectivity index (χ1v) is 9.15. The van der Waals surface area contributed by atoms with Crippen molar-refractivity contribution >= 4 is 10.9 Å². The second kappa shape index (κ2) is 6.59. The molecule has 1 N–H and O–H groups in total. The molecule has 2 aromatic carbocycles. The molecule has 0 saturated heterocycles. The molecule has 3 heterocycles. The fraction of sp³-hybridized carbons (Fsp3) is 0.182. The van der Waals surface area contributed by atoms with Crippen LogP contribution in [-0.2, 0) is 19.5 Å². The molecule has 0 aliphatic carbocycles. The first-order valence-electron chi connectivity index (χ1n) is 9.15. The molecule has 4 aromatic rings. The van der Waals surface area contributed by atoms with Crippen LogP contribution in [0.25, 0.3) is 22.2 Å². The maximum atomic E-state index is 13.6. The van der Waals surface area contributed by atoms with Crippen molar-refractivity contribution in [3.05, 3.63) is 83.4 Å². The highest BCUT2D eigenvalue weighted by Gasteiger charge is 2.23. The van der Waals surface area contributed by atoms with Crippen LogP contribution in [0.1, 0.15) is 16.8 Å². The van der Waals surface area contributed by atoms with Gasteiger partial charge < -0.3 is 0 Å². The van der Waals surface area contributed by atoms with Crippen molar-refractivity contribution in [1.82, 2.24) is 20.1 Å². The highest BCUT2D eigenvalue weighted by Crippen LogP contribution is 2.30. The number of aromatic amines is 1. The van der Waals surface area contributed by atoms with E-state index < -0.39 is 0 Å². The zero-order valence-corrected chi connectivity index (χ0v) is 14.8. The van der Waals surface area contributed by atoms with Crippen molar-refractivity contribution < 1.29 is 4.39 Å². The van der Waals surface area contributed by atoms with Gasteiger partial charge in [0.15, 0.2) is 0 Å². The van der Waals surface area contributed by atoms with Gasteiger partial charge in [-0.15, -0.1) is 0 Å². The third-order valence-electron chi connectivity index (χ3n) is 5.22. The molecule has 0 radical (unpaired) electrons. The SMILES string of the molecule is Fc1cccc(-c2n[nH]c3c2CN(Cc2cccc4cccnc24)CC3)c1. The van der Waals surface area contributed by atoms with E-state index in [1.54, 1.807) is 12.1 Å². The minimum Gasteiger partial charge on any atom is -0.294 e. The zero-order chi connectivity index (χ0) is 18.2. The van der Waals surface area contributed by atoms with E-state index >= 15 is 0 Å². The highest BCUT2D eigenvalue weighted by molar-refractivity contribution is 5.81. The van der Waals surface area contributed by atoms with Gasteiger partial charge in [0.05, 0.1) is 11.2 Å². The average molecular weight is 358 g/mol. The third-order valence-corrected chi connectivity index (χ3v) is 5.22. The van der Waals surface area contributed by atoms with Gasteiger partial charge in [-0.2, -0.15) is 5.10 Å². The number of rotatable bonds is 3. The standard InChI is InChI=1S/C22H19FN4/c23-18-8-2-5-16(12-18)22-19-14-27(11-9-20(19)25-26-22)13-17-6-1-4-15-7-3-10-24-21(15)17/h1-8,10,12H,9,11,13-14H2,(H,25,26). The summed E-state index contributed by atoms with van der Waals surface area (Å²) in [5, 5.41) is 8.78. The number of pyridine rings is 1. The monoisotopic (exact) mass is 358 g/mol. The van der Waals surface area contributed by atoms with Gasteiger partial charge in [0.1, 0.15) is 5.82 Å². The van der Waals surface area contributed by atoms with E-state index in [4.69, 9.17) is 0 Å². The minimum absolute atomic E-state index is 0.237. The Balaban J connectivity index is 1.45. The lowest BCUT2D eigenvalue weighted by molar-refractivity contribution is 0.246. The van der Waals surface area contributed by atoms with Gasteiger partial charge in [-0.25, -0.2) is 4.39 Å². The van der Waals surface area contributed by atoms with Gasteiger partial charge in [-0.05, 0) is 23.8 Å². The van der Waals surface area contributed by atoms with Crippen LogP contribution in [0, 0.1) is 5.82 Å². The van der Waals surface area contributed by atoms with E-state index in [0.717, 1.165) is 53.9 Å². The lowest BCUT2D eigenvalue weighted by Crippen LogP contribution is -2.30. The molecule has 27 heavy (non-hydrogen) atoms. The number of aromatic nitrogens is 3. The summed E-state index contributed by atoms with van der Waals surface area (Å²) in [5.41, 5.74) is 6.28. The normalized spacial score (nSPS) is 14.4. The Morgan fingerprint density at radius 3 is 2.89 bits per heavy atom. The van der Waals surface area contributed by atoms with Crippen LogP contribution >= 0.6 is 0 Å². The molecule has 2 aromatic heterocycles. The number of hydrogen-bond donors (Lipinski definition) is 1. The quantitative estimate of drug-likeness (QED) is 0.593. The molecule has 0 bridgehead atoms. The molecule has 0 unspecified atom stereocenters. The Hall–Kier alpha value is -3.05. The second-order valence-corrected chi connectivity index (χ2v) is 6.99. The fourth-order valence-corrected chi connectivity index (χ4v) is 3.90. The van der Waals surface area contributed by atoms with E-state index in [2.05, 4.69) is 44.3 Å². The Morgan fingerprint density at radius 1 is 1.07 bits per heavy atom. The Labute approximate surface area is 156 Å². The molecule has 5 rings (SSSR count). The maximum absolute atomic E-state index is 13.6. The van der Waals surface area contributed by atoms with Crippen LogP contribution in [-0.4, -0.2) is 26.6 Å². The van der Waals surface area contributed by atoms with Crippen molar-refractivity contribution in [2.75, 3.05) is 6.54 Å². The summed E-state index contributed by atoms with van der Waals surface area (Å²) in [6.45, 7) is 2.59. The molecular weight excluding hydrogens is 339 g/mol. The minimum atomic E-state index is -0.237. The molecule has 134 valence electrons. The molecule has 0 atom stereocenters. The summed E-state index contributed by atoms with van der Waals surface area (Å²) in [6, 6.07) is 17.0. The lowest BCUT2D eigenvalue weighted by atomic mass is 10.00. The van der Waals surface area contributed by atoms with Crippen LogP contribution in [0.2, 0.25) is 0 Å². The van der Waals surface area contributed by atoms with Crippen LogP contribution in [0.3, 0.4) is 0 Å². The Morgan fingerprint density at radius 2 is 1.96 bits per heavy atom. The first-order chi connectivity index (χ1) is 13.3. The third kappa shape index (κ3) is 3.00. The fourth-order valence-electron chi connectivity index (χ4n) is 3.90. The first kappa shape index (κ1) is 16.1. The molecule has 1 aliphatic heterocycles. The van der Waals surface area contributed by atoms with Gasteiger partial charge in [-0.3, -0.25) is 15.0 Å². The van der Waals surface area contributed by atoms with Gasteiger partial charge in [0.2, 0.25) is 0 Å². The largest absolute Gasteiger partial charge is 0.294 e. The number of fused-ring (bicyclic) bond motifs is 2. The summed E-state index contributed by atoms with van der Waals surface area (Å²) in [6.07, 6.45) is 2.76. The lowest BCUT2D eigenvalue weighted by Gasteiger charge is -2.27.